The maximum Gasteiger partial charge on any atom is 0.257 e. The number of benzene rings is 1. The lowest BCUT2D eigenvalue weighted by Crippen LogP contribution is -2.50. The van der Waals surface area contributed by atoms with Crippen LogP contribution in [0.4, 0.5) is 0 Å². The maximum atomic E-state index is 13.2. The Hall–Kier alpha value is -2.95. The first-order valence-corrected chi connectivity index (χ1v) is 12.3. The molecular formula is C22H24N4O5S. The molecule has 0 unspecified atom stereocenters. The van der Waals surface area contributed by atoms with Gasteiger partial charge in [-0.1, -0.05) is 18.2 Å². The molecular weight excluding hydrogens is 432 g/mol. The highest BCUT2D eigenvalue weighted by Gasteiger charge is 2.37. The van der Waals surface area contributed by atoms with Crippen LogP contribution in [0.5, 0.6) is 0 Å². The average Bonchev–Trinajstić information content (AvgIpc) is 3.51. The zero-order valence-electron chi connectivity index (χ0n) is 17.7. The van der Waals surface area contributed by atoms with Crippen LogP contribution >= 0.6 is 0 Å². The van der Waals surface area contributed by atoms with Crippen LogP contribution in [0.3, 0.4) is 0 Å². The monoisotopic (exact) mass is 456 g/mol. The molecule has 1 amide bonds. The summed E-state index contributed by atoms with van der Waals surface area (Å²) in [6.07, 6.45) is 3.28. The number of carbonyl (C=O) groups excluding carboxylic acids is 1. The van der Waals surface area contributed by atoms with Crippen LogP contribution < -0.4 is 0 Å². The largest absolute Gasteiger partial charge is 0.467 e. The summed E-state index contributed by atoms with van der Waals surface area (Å²) in [5, 5.41) is 7.08. The molecule has 0 radical (unpaired) electrons. The minimum atomic E-state index is -3.21. The Bertz CT molecular complexity index is 1220. The number of sulfonamides is 1. The zero-order chi connectivity index (χ0) is 22.3. The molecule has 1 saturated heterocycles. The Labute approximate surface area is 185 Å². The third-order valence-electron chi connectivity index (χ3n) is 5.91. The summed E-state index contributed by atoms with van der Waals surface area (Å²) in [5.74, 6) is 1.14. The second-order valence-electron chi connectivity index (χ2n) is 8.11. The molecule has 2 aliphatic heterocycles. The van der Waals surface area contributed by atoms with E-state index in [1.54, 1.807) is 12.3 Å². The number of hydrogen-bond acceptors (Lipinski definition) is 7. The summed E-state index contributed by atoms with van der Waals surface area (Å²) in [5.41, 5.74) is 1.46. The number of amides is 1. The van der Waals surface area contributed by atoms with Crippen molar-refractivity contribution >= 4 is 32.6 Å². The molecule has 0 spiro atoms. The van der Waals surface area contributed by atoms with E-state index in [0.29, 0.717) is 49.8 Å². The van der Waals surface area contributed by atoms with Gasteiger partial charge in [0.15, 0.2) is 5.76 Å². The Morgan fingerprint density at radius 3 is 2.59 bits per heavy atom. The van der Waals surface area contributed by atoms with Crippen molar-refractivity contribution in [1.82, 2.24) is 14.2 Å². The van der Waals surface area contributed by atoms with E-state index >= 15 is 0 Å². The van der Waals surface area contributed by atoms with Crippen molar-refractivity contribution in [2.24, 2.45) is 5.10 Å². The van der Waals surface area contributed by atoms with Crippen molar-refractivity contribution in [2.75, 3.05) is 39.0 Å². The molecule has 1 fully saturated rings. The summed E-state index contributed by atoms with van der Waals surface area (Å²) in [6.45, 7) is 1.91. The van der Waals surface area contributed by atoms with Gasteiger partial charge in [-0.05, 0) is 24.3 Å². The first-order chi connectivity index (χ1) is 15.4. The molecule has 2 aliphatic rings. The van der Waals surface area contributed by atoms with Crippen molar-refractivity contribution in [3.05, 3.63) is 60.2 Å². The molecule has 168 valence electrons. The molecule has 0 N–H and O–H groups in total. The number of hydrogen-bond donors (Lipinski definition) is 0. The van der Waals surface area contributed by atoms with Crippen LogP contribution in [0.1, 0.15) is 24.0 Å². The van der Waals surface area contributed by atoms with Crippen LogP contribution in [-0.2, 0) is 14.8 Å². The van der Waals surface area contributed by atoms with Crippen molar-refractivity contribution < 1.29 is 22.0 Å². The van der Waals surface area contributed by atoms with Crippen LogP contribution in [0.2, 0.25) is 0 Å². The van der Waals surface area contributed by atoms with Gasteiger partial charge in [0.05, 0.1) is 19.1 Å². The first kappa shape index (κ1) is 20.9. The summed E-state index contributed by atoms with van der Waals surface area (Å²) >= 11 is 0. The third kappa shape index (κ3) is 4.08. The summed E-state index contributed by atoms with van der Waals surface area (Å²) in [6, 6.07) is 13.0. The molecule has 0 saturated carbocycles. The van der Waals surface area contributed by atoms with E-state index in [2.05, 4.69) is 5.10 Å². The number of piperazine rings is 1. The highest BCUT2D eigenvalue weighted by molar-refractivity contribution is 7.88. The molecule has 0 aliphatic carbocycles. The SMILES string of the molecule is CS(=O)(=O)N1CCN(CC(=O)N2N=C(c3cc4ccccc4o3)C[C@H]2c2ccco2)CC1. The lowest BCUT2D eigenvalue weighted by Gasteiger charge is -2.33. The van der Waals surface area contributed by atoms with Crippen LogP contribution in [0.25, 0.3) is 11.0 Å². The van der Waals surface area contributed by atoms with Crippen LogP contribution in [-0.4, -0.2) is 73.2 Å². The second-order valence-corrected chi connectivity index (χ2v) is 10.1. The van der Waals surface area contributed by atoms with E-state index in [9.17, 15) is 13.2 Å². The van der Waals surface area contributed by atoms with Gasteiger partial charge < -0.3 is 8.83 Å². The average molecular weight is 457 g/mol. The lowest BCUT2D eigenvalue weighted by atomic mass is 10.1. The molecule has 3 aromatic rings. The fourth-order valence-corrected chi connectivity index (χ4v) is 5.03. The number of rotatable bonds is 5. The fraction of sp³-hybridized carbons (Fsp3) is 0.364. The molecule has 10 heteroatoms. The van der Waals surface area contributed by atoms with Gasteiger partial charge in [-0.25, -0.2) is 13.4 Å². The van der Waals surface area contributed by atoms with Gasteiger partial charge in [-0.3, -0.25) is 9.69 Å². The molecule has 0 bridgehead atoms. The normalized spacial score (nSPS) is 20.7. The van der Waals surface area contributed by atoms with Gasteiger partial charge in [-0.2, -0.15) is 9.41 Å². The van der Waals surface area contributed by atoms with Gasteiger partial charge in [0, 0.05) is 38.0 Å². The third-order valence-corrected chi connectivity index (χ3v) is 7.21. The highest BCUT2D eigenvalue weighted by atomic mass is 32.2. The van der Waals surface area contributed by atoms with E-state index in [1.807, 2.05) is 41.3 Å². The number of para-hydroxylation sites is 1. The predicted octanol–water partition coefficient (Wildman–Crippen LogP) is 2.28. The fourth-order valence-electron chi connectivity index (χ4n) is 4.20. The molecule has 2 aromatic heterocycles. The lowest BCUT2D eigenvalue weighted by molar-refractivity contribution is -0.134. The van der Waals surface area contributed by atoms with E-state index in [1.165, 1.54) is 15.6 Å². The Kier molecular flexibility index (Phi) is 5.36. The van der Waals surface area contributed by atoms with Crippen LogP contribution in [0, 0.1) is 0 Å². The topological polar surface area (TPSA) is 99.6 Å². The van der Waals surface area contributed by atoms with Gasteiger partial charge in [-0.15, -0.1) is 0 Å². The quantitative estimate of drug-likeness (QED) is 0.584. The smallest absolute Gasteiger partial charge is 0.257 e. The minimum absolute atomic E-state index is 0.158. The van der Waals surface area contributed by atoms with Crippen LogP contribution in [0.15, 0.2) is 62.7 Å². The number of fused-ring (bicyclic) bond motifs is 1. The van der Waals surface area contributed by atoms with Gasteiger partial charge in [0.2, 0.25) is 10.0 Å². The standard InChI is InChI=1S/C22H24N4O5S/c1-32(28,29)25-10-8-24(9-11-25)15-22(27)26-18(20-7-4-12-30-20)14-17(23-26)21-13-16-5-2-3-6-19(16)31-21/h2-7,12-13,18H,8-11,14-15H2,1H3/t18-/m0/s1. The van der Waals surface area contributed by atoms with Crippen molar-refractivity contribution in [2.45, 2.75) is 12.5 Å². The second kappa shape index (κ2) is 8.19. The Balaban J connectivity index is 1.35. The summed E-state index contributed by atoms with van der Waals surface area (Å²) in [4.78, 5) is 15.2. The van der Waals surface area contributed by atoms with E-state index in [-0.39, 0.29) is 18.5 Å². The van der Waals surface area contributed by atoms with Gasteiger partial charge >= 0.3 is 0 Å². The van der Waals surface area contributed by atoms with Gasteiger partial charge in [0.25, 0.3) is 5.91 Å². The molecule has 32 heavy (non-hydrogen) atoms. The van der Waals surface area contributed by atoms with E-state index in [4.69, 9.17) is 8.83 Å². The number of carbonyl (C=O) groups is 1. The molecule has 1 aromatic carbocycles. The Morgan fingerprint density at radius 1 is 1.12 bits per heavy atom. The van der Waals surface area contributed by atoms with Gasteiger partial charge in [0.1, 0.15) is 23.1 Å². The first-order valence-electron chi connectivity index (χ1n) is 10.5. The van der Waals surface area contributed by atoms with Crippen molar-refractivity contribution in [1.29, 1.82) is 0 Å². The zero-order valence-corrected chi connectivity index (χ0v) is 18.5. The minimum Gasteiger partial charge on any atom is -0.467 e. The number of furan rings is 2. The Morgan fingerprint density at radius 2 is 1.91 bits per heavy atom. The molecule has 5 rings (SSSR count). The number of nitrogens with zero attached hydrogens (tertiary/aromatic N) is 4. The summed E-state index contributed by atoms with van der Waals surface area (Å²) in [7, 11) is -3.21. The molecule has 9 nitrogen and oxygen atoms in total. The maximum absolute atomic E-state index is 13.2. The van der Waals surface area contributed by atoms with E-state index < -0.39 is 10.0 Å². The summed E-state index contributed by atoms with van der Waals surface area (Å²) < 4.78 is 36.5. The number of hydrazone groups is 1. The van der Waals surface area contributed by atoms with Crippen molar-refractivity contribution in [3.63, 3.8) is 0 Å². The highest BCUT2D eigenvalue weighted by Crippen LogP contribution is 2.34. The molecule has 4 heterocycles. The predicted molar refractivity (Wildman–Crippen MR) is 119 cm³/mol. The van der Waals surface area contributed by atoms with Crippen molar-refractivity contribution in [3.8, 4) is 0 Å². The molecule has 1 atom stereocenters. The van der Waals surface area contributed by atoms with E-state index in [0.717, 1.165) is 11.0 Å².